The maximum absolute atomic E-state index is 5.23. The second-order valence-electron chi connectivity index (χ2n) is 4.17. The summed E-state index contributed by atoms with van der Waals surface area (Å²) in [6, 6.07) is 6.17. The third-order valence-corrected chi connectivity index (χ3v) is 2.34. The highest BCUT2D eigenvalue weighted by Gasteiger charge is 2.06. The van der Waals surface area contributed by atoms with Crippen LogP contribution in [-0.4, -0.2) is 14.2 Å². The van der Waals surface area contributed by atoms with Gasteiger partial charge in [-0.1, -0.05) is 19.9 Å². The van der Waals surface area contributed by atoms with E-state index in [1.165, 1.54) is 11.1 Å². The molecule has 0 heterocycles. The minimum absolute atomic E-state index is 0.646. The summed E-state index contributed by atoms with van der Waals surface area (Å²) in [6.45, 7) is 5.11. The van der Waals surface area contributed by atoms with Crippen molar-refractivity contribution in [1.29, 1.82) is 0 Å². The van der Waals surface area contributed by atoms with Crippen molar-refractivity contribution in [2.75, 3.05) is 14.2 Å². The molecule has 0 aromatic heterocycles. The van der Waals surface area contributed by atoms with E-state index in [4.69, 9.17) is 9.47 Å². The van der Waals surface area contributed by atoms with Gasteiger partial charge in [-0.3, -0.25) is 0 Å². The summed E-state index contributed by atoms with van der Waals surface area (Å²) in [6.07, 6.45) is 1.07. The second kappa shape index (κ2) is 5.76. The first-order valence-corrected chi connectivity index (χ1v) is 5.32. The van der Waals surface area contributed by atoms with Gasteiger partial charge in [-0.25, -0.2) is 0 Å². The van der Waals surface area contributed by atoms with Crippen molar-refractivity contribution in [1.82, 2.24) is 0 Å². The van der Waals surface area contributed by atoms with E-state index in [0.717, 1.165) is 12.2 Å². The maximum Gasteiger partial charge on any atom is 0.119 e. The molecule has 0 aliphatic rings. The van der Waals surface area contributed by atoms with E-state index in [9.17, 15) is 0 Å². The van der Waals surface area contributed by atoms with Gasteiger partial charge in [0.2, 0.25) is 0 Å². The molecule has 1 rings (SSSR count). The lowest BCUT2D eigenvalue weighted by molar-refractivity contribution is 0.184. The molecule has 2 heteroatoms. The highest BCUT2D eigenvalue weighted by atomic mass is 16.5. The molecule has 1 aromatic rings. The predicted molar refractivity (Wildman–Crippen MR) is 62.2 cm³/mol. The molecule has 0 aliphatic carbocycles. The molecule has 1 aromatic carbocycles. The van der Waals surface area contributed by atoms with Crippen LogP contribution in [0.4, 0.5) is 0 Å². The molecule has 2 nitrogen and oxygen atoms in total. The monoisotopic (exact) mass is 208 g/mol. The van der Waals surface area contributed by atoms with Crippen molar-refractivity contribution < 1.29 is 9.47 Å². The SMILES string of the molecule is COCc1ccc(OC)cc1CC(C)C. The number of ether oxygens (including phenoxy) is 2. The quantitative estimate of drug-likeness (QED) is 0.740. The van der Waals surface area contributed by atoms with Crippen LogP contribution in [0.15, 0.2) is 18.2 Å². The Bertz CT molecular complexity index is 305. The van der Waals surface area contributed by atoms with Crippen LogP contribution in [0.1, 0.15) is 25.0 Å². The number of hydrogen-bond acceptors (Lipinski definition) is 2. The molecule has 0 bridgehead atoms. The Morgan fingerprint density at radius 3 is 2.40 bits per heavy atom. The van der Waals surface area contributed by atoms with Gasteiger partial charge in [0.05, 0.1) is 13.7 Å². The number of hydrogen-bond donors (Lipinski definition) is 0. The second-order valence-corrected chi connectivity index (χ2v) is 4.17. The minimum atomic E-state index is 0.646. The van der Waals surface area contributed by atoms with E-state index in [1.54, 1.807) is 14.2 Å². The van der Waals surface area contributed by atoms with Crippen molar-refractivity contribution in [3.05, 3.63) is 29.3 Å². The van der Waals surface area contributed by atoms with E-state index in [0.29, 0.717) is 12.5 Å². The fraction of sp³-hybridized carbons (Fsp3) is 0.538. The molecule has 0 fully saturated rings. The number of methoxy groups -OCH3 is 2. The molecule has 0 aliphatic heterocycles. The summed E-state index contributed by atoms with van der Waals surface area (Å²) in [7, 11) is 3.42. The fourth-order valence-electron chi connectivity index (χ4n) is 1.66. The smallest absolute Gasteiger partial charge is 0.119 e. The first kappa shape index (κ1) is 12.1. The molecule has 84 valence electrons. The van der Waals surface area contributed by atoms with Gasteiger partial charge in [0.15, 0.2) is 0 Å². The van der Waals surface area contributed by atoms with Gasteiger partial charge in [-0.05, 0) is 35.6 Å². The first-order valence-electron chi connectivity index (χ1n) is 5.32. The van der Waals surface area contributed by atoms with Crippen LogP contribution in [0.5, 0.6) is 5.75 Å². The molecule has 0 radical (unpaired) electrons. The number of rotatable bonds is 5. The normalized spacial score (nSPS) is 10.7. The molecular formula is C13H20O2. The molecule has 0 amide bonds. The van der Waals surface area contributed by atoms with E-state index >= 15 is 0 Å². The zero-order valence-corrected chi connectivity index (χ0v) is 10.0. The van der Waals surface area contributed by atoms with Gasteiger partial charge in [0.1, 0.15) is 5.75 Å². The predicted octanol–water partition coefficient (Wildman–Crippen LogP) is 3.04. The average molecular weight is 208 g/mol. The van der Waals surface area contributed by atoms with Crippen molar-refractivity contribution in [2.45, 2.75) is 26.9 Å². The standard InChI is InChI=1S/C13H20O2/c1-10(2)7-12-8-13(15-4)6-5-11(12)9-14-3/h5-6,8,10H,7,9H2,1-4H3. The largest absolute Gasteiger partial charge is 0.497 e. The van der Waals surface area contributed by atoms with Crippen LogP contribution < -0.4 is 4.74 Å². The van der Waals surface area contributed by atoms with Crippen LogP contribution in [0.2, 0.25) is 0 Å². The van der Waals surface area contributed by atoms with E-state index in [1.807, 2.05) is 6.07 Å². The Balaban J connectivity index is 2.93. The van der Waals surface area contributed by atoms with Gasteiger partial charge in [0, 0.05) is 7.11 Å². The molecular weight excluding hydrogens is 188 g/mol. The van der Waals surface area contributed by atoms with Crippen LogP contribution in [0, 0.1) is 5.92 Å². The summed E-state index contributed by atoms with van der Waals surface area (Å²) < 4.78 is 10.4. The Hall–Kier alpha value is -1.02. The van der Waals surface area contributed by atoms with E-state index in [-0.39, 0.29) is 0 Å². The Labute approximate surface area is 92.2 Å². The van der Waals surface area contributed by atoms with Gasteiger partial charge < -0.3 is 9.47 Å². The Kier molecular flexibility index (Phi) is 4.63. The van der Waals surface area contributed by atoms with Crippen LogP contribution >= 0.6 is 0 Å². The van der Waals surface area contributed by atoms with Crippen molar-refractivity contribution in [2.24, 2.45) is 5.92 Å². The third-order valence-electron chi connectivity index (χ3n) is 2.34. The molecule has 0 unspecified atom stereocenters. The fourth-order valence-corrected chi connectivity index (χ4v) is 1.66. The third kappa shape index (κ3) is 3.56. The van der Waals surface area contributed by atoms with E-state index < -0.39 is 0 Å². The molecule has 0 atom stereocenters. The topological polar surface area (TPSA) is 18.5 Å². The van der Waals surface area contributed by atoms with Gasteiger partial charge in [0.25, 0.3) is 0 Å². The summed E-state index contributed by atoms with van der Waals surface area (Å²) in [5.74, 6) is 1.57. The zero-order valence-electron chi connectivity index (χ0n) is 10.0. The Morgan fingerprint density at radius 2 is 1.87 bits per heavy atom. The van der Waals surface area contributed by atoms with Gasteiger partial charge >= 0.3 is 0 Å². The molecule has 0 saturated carbocycles. The summed E-state index contributed by atoms with van der Waals surface area (Å²) >= 11 is 0. The van der Waals surface area contributed by atoms with Crippen LogP contribution in [0.25, 0.3) is 0 Å². The zero-order chi connectivity index (χ0) is 11.3. The van der Waals surface area contributed by atoms with Crippen molar-refractivity contribution in [3.8, 4) is 5.75 Å². The summed E-state index contributed by atoms with van der Waals surface area (Å²) in [5, 5.41) is 0. The first-order chi connectivity index (χ1) is 7.17. The van der Waals surface area contributed by atoms with Gasteiger partial charge in [-0.2, -0.15) is 0 Å². The van der Waals surface area contributed by atoms with Crippen LogP contribution in [0.3, 0.4) is 0 Å². The van der Waals surface area contributed by atoms with Crippen molar-refractivity contribution >= 4 is 0 Å². The lowest BCUT2D eigenvalue weighted by atomic mass is 9.98. The minimum Gasteiger partial charge on any atom is -0.497 e. The van der Waals surface area contributed by atoms with Crippen molar-refractivity contribution in [3.63, 3.8) is 0 Å². The maximum atomic E-state index is 5.23. The summed E-state index contributed by atoms with van der Waals surface area (Å²) in [5.41, 5.74) is 2.58. The molecule has 15 heavy (non-hydrogen) atoms. The summed E-state index contributed by atoms with van der Waals surface area (Å²) in [4.78, 5) is 0. The molecule has 0 spiro atoms. The highest BCUT2D eigenvalue weighted by molar-refractivity contribution is 5.35. The van der Waals surface area contributed by atoms with Crippen LogP contribution in [-0.2, 0) is 17.8 Å². The molecule has 0 saturated heterocycles. The average Bonchev–Trinajstić information content (AvgIpc) is 2.20. The highest BCUT2D eigenvalue weighted by Crippen LogP contribution is 2.21. The lowest BCUT2D eigenvalue weighted by Crippen LogP contribution is -2.01. The Morgan fingerprint density at radius 1 is 1.13 bits per heavy atom. The van der Waals surface area contributed by atoms with E-state index in [2.05, 4.69) is 26.0 Å². The molecule has 0 N–H and O–H groups in total. The number of benzene rings is 1. The lowest BCUT2D eigenvalue weighted by Gasteiger charge is -2.12. The van der Waals surface area contributed by atoms with Gasteiger partial charge in [-0.15, -0.1) is 0 Å².